The number of carboxylic acids is 1. The number of carbonyl (C=O) groups excluding carboxylic acids is 1. The molecule has 1 aliphatic carbocycles. The van der Waals surface area contributed by atoms with Crippen LogP contribution in [0.1, 0.15) is 50.2 Å². The van der Waals surface area contributed by atoms with Crippen molar-refractivity contribution in [2.24, 2.45) is 5.41 Å². The molecule has 1 aliphatic rings. The molecule has 0 aromatic carbocycles. The first kappa shape index (κ1) is 14.5. The van der Waals surface area contributed by atoms with Gasteiger partial charge in [0, 0.05) is 13.3 Å². The van der Waals surface area contributed by atoms with Gasteiger partial charge < -0.3 is 14.9 Å². The number of nitrogens with zero attached hydrogens (tertiary/aromatic N) is 2. The van der Waals surface area contributed by atoms with Crippen LogP contribution in [0.25, 0.3) is 0 Å². The maximum Gasteiger partial charge on any atom is 0.303 e. The van der Waals surface area contributed by atoms with Crippen molar-refractivity contribution in [3.05, 3.63) is 11.7 Å². The molecule has 0 bridgehead atoms. The van der Waals surface area contributed by atoms with Crippen molar-refractivity contribution in [1.82, 2.24) is 15.5 Å². The van der Waals surface area contributed by atoms with Crippen LogP contribution in [-0.4, -0.2) is 27.1 Å². The maximum absolute atomic E-state index is 12.0. The van der Waals surface area contributed by atoms with Gasteiger partial charge in [0.1, 0.15) is 0 Å². The molecular formula is C13H19N3O4. The van der Waals surface area contributed by atoms with Crippen molar-refractivity contribution in [3.63, 3.8) is 0 Å². The van der Waals surface area contributed by atoms with Gasteiger partial charge in [-0.2, -0.15) is 4.98 Å². The number of aliphatic carboxylic acids is 1. The average molecular weight is 281 g/mol. The highest BCUT2D eigenvalue weighted by molar-refractivity contribution is 5.78. The average Bonchev–Trinajstić information content (AvgIpc) is 2.95. The van der Waals surface area contributed by atoms with E-state index in [9.17, 15) is 9.59 Å². The van der Waals surface area contributed by atoms with Crippen molar-refractivity contribution >= 4 is 11.9 Å². The molecule has 7 heteroatoms. The van der Waals surface area contributed by atoms with Crippen LogP contribution in [-0.2, 0) is 16.1 Å². The van der Waals surface area contributed by atoms with Crippen LogP contribution in [0, 0.1) is 12.3 Å². The normalized spacial score (nSPS) is 17.1. The van der Waals surface area contributed by atoms with E-state index in [1.807, 2.05) is 0 Å². The maximum atomic E-state index is 12.0. The van der Waals surface area contributed by atoms with E-state index in [1.165, 1.54) is 0 Å². The molecule has 0 unspecified atom stereocenters. The Hall–Kier alpha value is -1.92. The zero-order chi connectivity index (χ0) is 14.6. The van der Waals surface area contributed by atoms with E-state index in [0.29, 0.717) is 11.7 Å². The van der Waals surface area contributed by atoms with E-state index < -0.39 is 5.97 Å². The number of carboxylic acid groups (broad SMARTS) is 1. The van der Waals surface area contributed by atoms with Gasteiger partial charge >= 0.3 is 5.97 Å². The van der Waals surface area contributed by atoms with Crippen LogP contribution in [0.2, 0.25) is 0 Å². The summed E-state index contributed by atoms with van der Waals surface area (Å²) in [5, 5.41) is 15.4. The number of nitrogens with one attached hydrogen (secondary N) is 1. The fourth-order valence-corrected chi connectivity index (χ4v) is 2.86. The lowest BCUT2D eigenvalue weighted by atomic mass is 9.79. The quantitative estimate of drug-likeness (QED) is 0.817. The lowest BCUT2D eigenvalue weighted by Crippen LogP contribution is -2.32. The summed E-state index contributed by atoms with van der Waals surface area (Å²) in [4.78, 5) is 26.9. The van der Waals surface area contributed by atoms with Crippen molar-refractivity contribution in [3.8, 4) is 0 Å². The summed E-state index contributed by atoms with van der Waals surface area (Å²) < 4.78 is 4.81. The Balaban J connectivity index is 1.87. The monoisotopic (exact) mass is 281 g/mol. The van der Waals surface area contributed by atoms with Gasteiger partial charge in [-0.05, 0) is 18.3 Å². The largest absolute Gasteiger partial charge is 0.481 e. The van der Waals surface area contributed by atoms with Gasteiger partial charge in [-0.15, -0.1) is 0 Å². The Kier molecular flexibility index (Phi) is 4.36. The number of carbonyl (C=O) groups is 2. The van der Waals surface area contributed by atoms with Crippen LogP contribution < -0.4 is 5.32 Å². The lowest BCUT2D eigenvalue weighted by molar-refractivity contribution is -0.140. The number of aromatic nitrogens is 2. The van der Waals surface area contributed by atoms with E-state index in [4.69, 9.17) is 9.63 Å². The summed E-state index contributed by atoms with van der Waals surface area (Å²) in [7, 11) is 0. The second kappa shape index (κ2) is 6.02. The van der Waals surface area contributed by atoms with Gasteiger partial charge in [-0.3, -0.25) is 9.59 Å². The topological polar surface area (TPSA) is 105 Å². The molecule has 110 valence electrons. The van der Waals surface area contributed by atoms with Gasteiger partial charge in [-0.1, -0.05) is 18.0 Å². The predicted octanol–water partition coefficient (Wildman–Crippen LogP) is 1.42. The van der Waals surface area contributed by atoms with Crippen LogP contribution in [0.4, 0.5) is 0 Å². The van der Waals surface area contributed by atoms with Crippen molar-refractivity contribution in [1.29, 1.82) is 0 Å². The lowest BCUT2D eigenvalue weighted by Gasteiger charge is -2.26. The van der Waals surface area contributed by atoms with Gasteiger partial charge in [0.2, 0.25) is 11.8 Å². The Morgan fingerprint density at radius 2 is 2.05 bits per heavy atom. The van der Waals surface area contributed by atoms with E-state index in [1.54, 1.807) is 6.92 Å². The molecule has 1 amide bonds. The fourth-order valence-electron chi connectivity index (χ4n) is 2.86. The zero-order valence-electron chi connectivity index (χ0n) is 11.5. The standard InChI is InChI=1S/C13H19N3O4/c1-9-15-10(16-20-9)8-14-11(17)6-13(7-12(18)19)4-2-3-5-13/h2-8H2,1H3,(H,14,17)(H,18,19). The van der Waals surface area contributed by atoms with Gasteiger partial charge in [0.05, 0.1) is 13.0 Å². The Labute approximate surface area is 116 Å². The molecule has 0 aliphatic heterocycles. The second-order valence-electron chi connectivity index (χ2n) is 5.46. The highest BCUT2D eigenvalue weighted by atomic mass is 16.5. The molecule has 1 aromatic heterocycles. The number of amides is 1. The highest BCUT2D eigenvalue weighted by Gasteiger charge is 2.37. The number of rotatable bonds is 6. The molecule has 1 saturated carbocycles. The highest BCUT2D eigenvalue weighted by Crippen LogP contribution is 2.43. The van der Waals surface area contributed by atoms with E-state index in [0.717, 1.165) is 25.7 Å². The second-order valence-corrected chi connectivity index (χ2v) is 5.46. The summed E-state index contributed by atoms with van der Waals surface area (Å²) in [5.41, 5.74) is -0.386. The van der Waals surface area contributed by atoms with Gasteiger partial charge in [0.15, 0.2) is 5.82 Å². The summed E-state index contributed by atoms with van der Waals surface area (Å²) in [6.07, 6.45) is 3.88. The summed E-state index contributed by atoms with van der Waals surface area (Å²) >= 11 is 0. The first-order chi connectivity index (χ1) is 9.49. The predicted molar refractivity (Wildman–Crippen MR) is 68.7 cm³/mol. The summed E-state index contributed by atoms with van der Waals surface area (Å²) in [6.45, 7) is 1.89. The molecule has 20 heavy (non-hydrogen) atoms. The first-order valence-corrected chi connectivity index (χ1v) is 6.77. The molecule has 0 atom stereocenters. The molecule has 0 saturated heterocycles. The van der Waals surface area contributed by atoms with Crippen LogP contribution in [0.5, 0.6) is 0 Å². The molecule has 0 radical (unpaired) electrons. The van der Waals surface area contributed by atoms with E-state index in [-0.39, 0.29) is 30.7 Å². The van der Waals surface area contributed by atoms with Gasteiger partial charge in [-0.25, -0.2) is 0 Å². The van der Waals surface area contributed by atoms with Crippen molar-refractivity contribution in [2.45, 2.75) is 52.0 Å². The third-order valence-electron chi connectivity index (χ3n) is 3.74. The minimum atomic E-state index is -0.839. The van der Waals surface area contributed by atoms with Crippen LogP contribution in [0.3, 0.4) is 0 Å². The molecule has 1 heterocycles. The van der Waals surface area contributed by atoms with Crippen molar-refractivity contribution < 1.29 is 19.2 Å². The Morgan fingerprint density at radius 3 is 2.60 bits per heavy atom. The molecule has 1 aromatic rings. The summed E-state index contributed by atoms with van der Waals surface area (Å²) in [6, 6.07) is 0. The fraction of sp³-hybridized carbons (Fsp3) is 0.692. The minimum Gasteiger partial charge on any atom is -0.481 e. The zero-order valence-corrected chi connectivity index (χ0v) is 11.5. The van der Waals surface area contributed by atoms with E-state index in [2.05, 4.69) is 15.5 Å². The Morgan fingerprint density at radius 1 is 1.35 bits per heavy atom. The van der Waals surface area contributed by atoms with Gasteiger partial charge in [0.25, 0.3) is 0 Å². The first-order valence-electron chi connectivity index (χ1n) is 6.77. The third-order valence-corrected chi connectivity index (χ3v) is 3.74. The van der Waals surface area contributed by atoms with Crippen molar-refractivity contribution in [2.75, 3.05) is 0 Å². The van der Waals surface area contributed by atoms with Crippen LogP contribution >= 0.6 is 0 Å². The number of aryl methyl sites for hydroxylation is 1. The molecule has 1 fully saturated rings. The van der Waals surface area contributed by atoms with E-state index >= 15 is 0 Å². The van der Waals surface area contributed by atoms with Crippen LogP contribution in [0.15, 0.2) is 4.52 Å². The number of hydrogen-bond acceptors (Lipinski definition) is 5. The minimum absolute atomic E-state index is 0.0573. The molecule has 0 spiro atoms. The molecule has 2 rings (SSSR count). The SMILES string of the molecule is Cc1nc(CNC(=O)CC2(CC(=O)O)CCCC2)no1. The number of hydrogen-bond donors (Lipinski definition) is 2. The Bertz CT molecular complexity index is 492. The smallest absolute Gasteiger partial charge is 0.303 e. The molecule has 2 N–H and O–H groups in total. The summed E-state index contributed by atoms with van der Waals surface area (Å²) in [5.74, 6) is -0.119. The third kappa shape index (κ3) is 3.79. The molecule has 7 nitrogen and oxygen atoms in total. The molecular weight excluding hydrogens is 262 g/mol.